The summed E-state index contributed by atoms with van der Waals surface area (Å²) in [5.74, 6) is 0.905. The summed E-state index contributed by atoms with van der Waals surface area (Å²) in [5.41, 5.74) is 4.61. The third-order valence-corrected chi connectivity index (χ3v) is 9.09. The summed E-state index contributed by atoms with van der Waals surface area (Å²) in [4.78, 5) is 0. The van der Waals surface area contributed by atoms with Gasteiger partial charge in [-0.2, -0.15) is 0 Å². The van der Waals surface area contributed by atoms with Crippen molar-refractivity contribution in [2.45, 2.75) is 71.0 Å². The first-order valence-electron chi connectivity index (χ1n) is 8.10. The van der Waals surface area contributed by atoms with Crippen LogP contribution in [-0.4, -0.2) is 22.0 Å². The summed E-state index contributed by atoms with van der Waals surface area (Å²) in [5, 5.41) is 0.275. The Kier molecular flexibility index (Phi) is 6.99. The molecule has 0 fully saturated rings. The van der Waals surface area contributed by atoms with Crippen molar-refractivity contribution in [1.82, 2.24) is 0 Å². The van der Waals surface area contributed by atoms with E-state index >= 15 is 0 Å². The topological polar surface area (TPSA) is 18.5 Å². The molecular weight excluding hydrogens is 276 g/mol. The maximum atomic E-state index is 6.16. The van der Waals surface area contributed by atoms with Crippen LogP contribution in [0.3, 0.4) is 0 Å². The van der Waals surface area contributed by atoms with E-state index < -0.39 is 8.32 Å². The highest BCUT2D eigenvalue weighted by Gasteiger charge is 2.36. The van der Waals surface area contributed by atoms with Crippen molar-refractivity contribution in [3.8, 4) is 0 Å². The lowest BCUT2D eigenvalue weighted by Gasteiger charge is -2.36. The van der Waals surface area contributed by atoms with E-state index in [1.54, 1.807) is 7.11 Å². The summed E-state index contributed by atoms with van der Waals surface area (Å²) in [6, 6.07) is 0. The minimum atomic E-state index is -1.62. The SMILES string of the molecule is COC(=C=CCCO[Si](C)(C)C(C)(C)C)C1=CCCCC1. The summed E-state index contributed by atoms with van der Waals surface area (Å²) in [7, 11) is 0.114. The molecule has 0 saturated heterocycles. The van der Waals surface area contributed by atoms with E-state index in [1.807, 2.05) is 0 Å². The van der Waals surface area contributed by atoms with Crippen molar-refractivity contribution in [3.05, 3.63) is 29.2 Å². The molecule has 120 valence electrons. The number of ether oxygens (including phenoxy) is 1. The number of hydrogen-bond donors (Lipinski definition) is 0. The summed E-state index contributed by atoms with van der Waals surface area (Å²) >= 11 is 0. The fraction of sp³-hybridized carbons (Fsp3) is 0.722. The molecule has 0 saturated carbocycles. The van der Waals surface area contributed by atoms with E-state index in [2.05, 4.69) is 51.7 Å². The van der Waals surface area contributed by atoms with E-state index in [0.717, 1.165) is 25.2 Å². The summed E-state index contributed by atoms with van der Waals surface area (Å²) in [6.45, 7) is 12.2. The predicted molar refractivity (Wildman–Crippen MR) is 92.9 cm³/mol. The van der Waals surface area contributed by atoms with E-state index in [9.17, 15) is 0 Å². The number of allylic oxidation sites excluding steroid dienone is 1. The lowest BCUT2D eigenvalue weighted by atomic mass is 9.98. The van der Waals surface area contributed by atoms with Gasteiger partial charge in [-0.3, -0.25) is 0 Å². The van der Waals surface area contributed by atoms with Crippen LogP contribution in [0.1, 0.15) is 52.9 Å². The van der Waals surface area contributed by atoms with Crippen molar-refractivity contribution in [2.75, 3.05) is 13.7 Å². The van der Waals surface area contributed by atoms with E-state index in [1.165, 1.54) is 24.8 Å². The van der Waals surface area contributed by atoms with Gasteiger partial charge in [0.1, 0.15) is 0 Å². The highest BCUT2D eigenvalue weighted by atomic mass is 28.4. The van der Waals surface area contributed by atoms with Gasteiger partial charge < -0.3 is 9.16 Å². The minimum Gasteiger partial charge on any atom is -0.489 e. The van der Waals surface area contributed by atoms with Crippen LogP contribution in [-0.2, 0) is 9.16 Å². The smallest absolute Gasteiger partial charge is 0.191 e. The van der Waals surface area contributed by atoms with Crippen molar-refractivity contribution in [1.29, 1.82) is 0 Å². The van der Waals surface area contributed by atoms with E-state index in [0.29, 0.717) is 0 Å². The van der Waals surface area contributed by atoms with Crippen molar-refractivity contribution in [3.63, 3.8) is 0 Å². The molecule has 0 spiro atoms. The number of rotatable bonds is 6. The zero-order valence-corrected chi connectivity index (χ0v) is 15.7. The van der Waals surface area contributed by atoms with Crippen molar-refractivity contribution in [2.24, 2.45) is 0 Å². The Labute approximate surface area is 132 Å². The molecule has 0 radical (unpaired) electrons. The second kappa shape index (κ2) is 8.02. The molecular formula is C18H32O2Si. The normalized spacial score (nSPS) is 16.0. The third-order valence-electron chi connectivity index (χ3n) is 4.55. The molecule has 1 aliphatic rings. The van der Waals surface area contributed by atoms with Crippen LogP contribution in [0, 0.1) is 0 Å². The highest BCUT2D eigenvalue weighted by Crippen LogP contribution is 2.36. The molecule has 2 nitrogen and oxygen atoms in total. The molecule has 0 bridgehead atoms. The van der Waals surface area contributed by atoms with Gasteiger partial charge in [-0.15, -0.1) is 0 Å². The largest absolute Gasteiger partial charge is 0.489 e. The Bertz CT molecular complexity index is 421. The van der Waals surface area contributed by atoms with Gasteiger partial charge >= 0.3 is 0 Å². The molecule has 0 heterocycles. The van der Waals surface area contributed by atoms with Crippen molar-refractivity contribution >= 4 is 8.32 Å². The van der Waals surface area contributed by atoms with Crippen LogP contribution >= 0.6 is 0 Å². The first-order chi connectivity index (χ1) is 9.78. The lowest BCUT2D eigenvalue weighted by Crippen LogP contribution is -2.40. The zero-order valence-electron chi connectivity index (χ0n) is 14.7. The van der Waals surface area contributed by atoms with Gasteiger partial charge in [-0.05, 0) is 61.9 Å². The van der Waals surface area contributed by atoms with Crippen LogP contribution in [0.4, 0.5) is 0 Å². The zero-order chi connectivity index (χ0) is 15.9. The van der Waals surface area contributed by atoms with Crippen LogP contribution in [0.15, 0.2) is 29.2 Å². The van der Waals surface area contributed by atoms with Gasteiger partial charge in [0.2, 0.25) is 0 Å². The van der Waals surface area contributed by atoms with E-state index in [-0.39, 0.29) is 5.04 Å². The second-order valence-corrected chi connectivity index (χ2v) is 12.1. The highest BCUT2D eigenvalue weighted by molar-refractivity contribution is 6.74. The minimum absolute atomic E-state index is 0.275. The van der Waals surface area contributed by atoms with Crippen LogP contribution in [0.5, 0.6) is 0 Å². The lowest BCUT2D eigenvalue weighted by molar-refractivity contribution is 0.292. The standard InChI is InChI=1S/C18H32O2Si/c1-18(2,3)21(5,6)20-15-11-10-14-17(19-4)16-12-8-7-9-13-16/h10,12H,7-9,11,13,15H2,1-6H3. The molecule has 0 aromatic heterocycles. The Morgan fingerprint density at radius 3 is 2.57 bits per heavy atom. The molecule has 1 aliphatic carbocycles. The Balaban J connectivity index is 2.52. The van der Waals surface area contributed by atoms with Crippen LogP contribution < -0.4 is 0 Å². The molecule has 0 aromatic carbocycles. The quantitative estimate of drug-likeness (QED) is 0.276. The predicted octanol–water partition coefficient (Wildman–Crippen LogP) is 5.58. The van der Waals surface area contributed by atoms with Crippen LogP contribution in [0.2, 0.25) is 18.1 Å². The molecule has 0 amide bonds. The maximum absolute atomic E-state index is 6.16. The number of hydrogen-bond acceptors (Lipinski definition) is 2. The number of methoxy groups -OCH3 is 1. The first kappa shape index (κ1) is 18.3. The Morgan fingerprint density at radius 1 is 1.33 bits per heavy atom. The molecule has 0 N–H and O–H groups in total. The molecule has 3 heteroatoms. The Hall–Kier alpha value is -0.763. The van der Waals surface area contributed by atoms with Gasteiger partial charge in [0.05, 0.1) is 7.11 Å². The van der Waals surface area contributed by atoms with Gasteiger partial charge in [0.25, 0.3) is 0 Å². The molecule has 0 atom stereocenters. The maximum Gasteiger partial charge on any atom is 0.191 e. The average Bonchev–Trinajstić information content (AvgIpc) is 2.42. The first-order valence-corrected chi connectivity index (χ1v) is 11.0. The molecule has 0 unspecified atom stereocenters. The molecule has 1 rings (SSSR count). The second-order valence-electron chi connectivity index (χ2n) is 7.25. The van der Waals surface area contributed by atoms with Gasteiger partial charge in [0.15, 0.2) is 14.1 Å². The molecule has 0 aromatic rings. The summed E-state index contributed by atoms with van der Waals surface area (Å²) < 4.78 is 11.6. The summed E-state index contributed by atoms with van der Waals surface area (Å²) in [6.07, 6.45) is 10.1. The molecule has 21 heavy (non-hydrogen) atoms. The van der Waals surface area contributed by atoms with Gasteiger partial charge in [0, 0.05) is 6.61 Å². The Morgan fingerprint density at radius 2 is 2.05 bits per heavy atom. The fourth-order valence-electron chi connectivity index (χ4n) is 2.08. The third kappa shape index (κ3) is 5.86. The van der Waals surface area contributed by atoms with E-state index in [4.69, 9.17) is 9.16 Å². The van der Waals surface area contributed by atoms with Gasteiger partial charge in [-0.1, -0.05) is 32.6 Å². The average molecular weight is 309 g/mol. The van der Waals surface area contributed by atoms with Crippen molar-refractivity contribution < 1.29 is 9.16 Å². The molecule has 0 aliphatic heterocycles. The van der Waals surface area contributed by atoms with Crippen LogP contribution in [0.25, 0.3) is 0 Å². The fourth-order valence-corrected chi connectivity index (χ4v) is 3.14. The monoisotopic (exact) mass is 308 g/mol. The van der Waals surface area contributed by atoms with Gasteiger partial charge in [-0.25, -0.2) is 0 Å².